The first-order valence-corrected chi connectivity index (χ1v) is 22.0. The second-order valence-corrected chi connectivity index (χ2v) is 14.6. The number of carbonyl (C=O) groups is 20. The maximum absolute atomic E-state index is 11.4. The molecule has 0 radical (unpaired) electrons. The van der Waals surface area contributed by atoms with Gasteiger partial charge in [-0.25, -0.2) is 19.2 Å². The Bertz CT molecular complexity index is 2480. The summed E-state index contributed by atoms with van der Waals surface area (Å²) in [6, 6.07) is 0. The third-order valence-electron chi connectivity index (χ3n) is 8.87. The summed E-state index contributed by atoms with van der Waals surface area (Å²) in [6.07, 6.45) is 5.64. The number of cyclic esters (lactones) is 2. The number of hydrogen-bond acceptors (Lipinski definition) is 27. The summed E-state index contributed by atoms with van der Waals surface area (Å²) in [6.45, 7) is 0.254. The summed E-state index contributed by atoms with van der Waals surface area (Å²) in [5.74, 6) is -11.8. The molecule has 0 aromatic heterocycles. The fourth-order valence-electron chi connectivity index (χ4n) is 5.22. The molecule has 7 heterocycles. The predicted molar refractivity (Wildman–Crippen MR) is 255 cm³/mol. The number of carboxylic acids is 3. The number of esters is 2. The van der Waals surface area contributed by atoms with E-state index in [2.05, 4.69) is 24.0 Å². The minimum absolute atomic E-state index is 0. The second kappa shape index (κ2) is 36.5. The van der Waals surface area contributed by atoms with E-state index >= 15 is 0 Å². The zero-order chi connectivity index (χ0) is 60.1. The van der Waals surface area contributed by atoms with Gasteiger partial charge in [0.15, 0.2) is 0 Å². The van der Waals surface area contributed by atoms with Crippen LogP contribution >= 0.6 is 0 Å². The molecule has 3 fully saturated rings. The van der Waals surface area contributed by atoms with Gasteiger partial charge in [-0.2, -0.15) is 9.69 Å². The number of methoxy groups -OCH3 is 1. The molecule has 442 valence electrons. The molecule has 13 amide bonds. The molecule has 3 saturated heterocycles. The summed E-state index contributed by atoms with van der Waals surface area (Å²) in [7, 11) is 1.10. The molecular weight excluding hydrogens is 1100 g/mol. The van der Waals surface area contributed by atoms with Crippen molar-refractivity contribution < 1.29 is 135 Å². The number of ether oxygens (including phenoxy) is 2. The van der Waals surface area contributed by atoms with Crippen LogP contribution in [0.15, 0.2) is 48.6 Å². The molecule has 7 N–H and O–H groups in total. The standard InChI is InChI=1S/C11H10N2O6.C9H8N2O7.C7H7NO4.C6H5NO4.C4H2O3.2C3H7NO2.2CH4/c14-7-1-2-8(15)12(7)6-5-11(18)19-13-9(16)3-4-10(13)17;12-5-1-2-6(13)10(5)17-9(16)18-11-7(14)3-4-8(11)15;9-5-1-2-6(10)8(5)4-3-7(11)12;1-11-6(10)7-4(8)2-3-5(7)9;5-3-1-2-4(6)7-3;2*4-2-1-3(5)6;;/h1-2H,3-6H2;1-4H2;1-2H,3-4H2,(H,11,12);2-3H,1H3;1-2H;2*1-2,4H2,(H,5,6);2*1H4. The average molecular weight is 1150 g/mol. The Morgan fingerprint density at radius 1 is 0.444 bits per heavy atom. The van der Waals surface area contributed by atoms with E-state index in [1.807, 2.05) is 0 Å². The molecule has 0 saturated carbocycles. The second-order valence-electron chi connectivity index (χ2n) is 14.6. The van der Waals surface area contributed by atoms with Gasteiger partial charge in [0.2, 0.25) is 0 Å². The Morgan fingerprint density at radius 3 is 0.975 bits per heavy atom. The van der Waals surface area contributed by atoms with Crippen molar-refractivity contribution in [2.24, 2.45) is 11.5 Å². The van der Waals surface area contributed by atoms with Gasteiger partial charge >= 0.3 is 48.1 Å². The van der Waals surface area contributed by atoms with Crippen LogP contribution in [0.2, 0.25) is 0 Å². The highest BCUT2D eigenvalue weighted by molar-refractivity contribution is 6.21. The van der Waals surface area contributed by atoms with Gasteiger partial charge in [-0.15, -0.1) is 5.06 Å². The van der Waals surface area contributed by atoms with E-state index in [1.165, 1.54) is 0 Å². The molecule has 0 aliphatic carbocycles. The van der Waals surface area contributed by atoms with Crippen LogP contribution in [-0.4, -0.2) is 197 Å². The van der Waals surface area contributed by atoms with E-state index in [4.69, 9.17) is 26.8 Å². The van der Waals surface area contributed by atoms with Crippen LogP contribution in [0.4, 0.5) is 9.59 Å². The van der Waals surface area contributed by atoms with Crippen LogP contribution in [0.5, 0.6) is 0 Å². The van der Waals surface area contributed by atoms with E-state index in [1.54, 1.807) is 0 Å². The van der Waals surface area contributed by atoms with Crippen molar-refractivity contribution in [3.8, 4) is 0 Å². The largest absolute Gasteiger partial charge is 0.560 e. The van der Waals surface area contributed by atoms with Crippen molar-refractivity contribution in [3.63, 3.8) is 0 Å². The van der Waals surface area contributed by atoms with Gasteiger partial charge in [-0.1, -0.05) is 25.0 Å². The van der Waals surface area contributed by atoms with E-state index in [0.717, 1.165) is 65.5 Å². The number of amides is 13. The number of imide groups is 8. The van der Waals surface area contributed by atoms with Gasteiger partial charge in [-0.3, -0.25) is 91.4 Å². The van der Waals surface area contributed by atoms with Gasteiger partial charge in [0.25, 0.3) is 70.9 Å². The molecule has 7 aliphatic rings. The van der Waals surface area contributed by atoms with Crippen LogP contribution in [0.25, 0.3) is 0 Å². The third kappa shape index (κ3) is 25.9. The lowest BCUT2D eigenvalue weighted by Gasteiger charge is -2.15. The smallest absolute Gasteiger partial charge is 0.481 e. The molecule has 36 heteroatoms. The number of nitrogens with two attached hydrogens (primary N) is 2. The highest BCUT2D eigenvalue weighted by Gasteiger charge is 2.38. The van der Waals surface area contributed by atoms with E-state index in [-0.39, 0.29) is 115 Å². The number of aliphatic carboxylic acids is 3. The van der Waals surface area contributed by atoms with E-state index in [0.29, 0.717) is 9.96 Å². The molecule has 7 rings (SSSR count). The molecule has 0 spiro atoms. The maximum Gasteiger partial charge on any atom is 0.560 e. The molecule has 7 aliphatic heterocycles. The minimum Gasteiger partial charge on any atom is -0.481 e. The quantitative estimate of drug-likeness (QED) is 0.0696. The summed E-state index contributed by atoms with van der Waals surface area (Å²) in [4.78, 5) is 230. The van der Waals surface area contributed by atoms with Gasteiger partial charge in [0.05, 0.1) is 32.8 Å². The third-order valence-corrected chi connectivity index (χ3v) is 8.87. The number of carboxylic acid groups (broad SMARTS) is 3. The summed E-state index contributed by atoms with van der Waals surface area (Å²) >= 11 is 0. The summed E-state index contributed by atoms with van der Waals surface area (Å²) in [5, 5.41) is 24.9. The monoisotopic (exact) mass is 1150 g/mol. The molecule has 0 aromatic rings. The van der Waals surface area contributed by atoms with Crippen LogP contribution < -0.4 is 11.5 Å². The Morgan fingerprint density at radius 2 is 0.728 bits per heavy atom. The Kier molecular flexibility index (Phi) is 32.7. The fraction of sp³-hybridized carbons (Fsp3) is 0.378. The number of rotatable bonds is 13. The maximum atomic E-state index is 11.4. The lowest BCUT2D eigenvalue weighted by atomic mass is 10.4. The van der Waals surface area contributed by atoms with Gasteiger partial charge in [0.1, 0.15) is 0 Å². The van der Waals surface area contributed by atoms with E-state index in [9.17, 15) is 95.9 Å². The van der Waals surface area contributed by atoms with Crippen LogP contribution in [0, 0.1) is 0 Å². The van der Waals surface area contributed by atoms with Crippen molar-refractivity contribution >= 4 is 119 Å². The highest BCUT2D eigenvalue weighted by atomic mass is 16.9. The van der Waals surface area contributed by atoms with Crippen molar-refractivity contribution in [1.82, 2.24) is 29.9 Å². The topological polar surface area (TPSA) is 520 Å². The Balaban J connectivity index is 0. The molecule has 0 atom stereocenters. The van der Waals surface area contributed by atoms with Crippen molar-refractivity contribution in [3.05, 3.63) is 48.6 Å². The molecule has 0 bridgehead atoms. The van der Waals surface area contributed by atoms with Crippen LogP contribution in [0.1, 0.15) is 79.1 Å². The minimum atomic E-state index is -1.48. The molecule has 0 unspecified atom stereocenters. The number of hydrogen-bond donors (Lipinski definition) is 5. The zero-order valence-electron chi connectivity index (χ0n) is 40.9. The lowest BCUT2D eigenvalue weighted by molar-refractivity contribution is -0.198. The van der Waals surface area contributed by atoms with Crippen molar-refractivity contribution in [1.29, 1.82) is 0 Å². The SMILES string of the molecule is C.C.COC(=O)N1C(=O)C=CC1=O.NCCC(=O)O.NCCC(=O)O.O=C(CCN1C(=O)C=CC1=O)ON1C(=O)CCC1=O.O=C(O)CCN1C(=O)C=CC1=O.O=C(ON1C(=O)CCC1=O)ON1C(=O)CCC1=O.O=C1C=CC(=O)O1. The molecular formula is C45H54N8O28. The van der Waals surface area contributed by atoms with Crippen LogP contribution in [-0.2, 0) is 110 Å². The first kappa shape index (κ1) is 72.6. The Labute approximate surface area is 455 Å². The zero-order valence-corrected chi connectivity index (χ0v) is 40.9. The Hall–Kier alpha value is -10.5. The van der Waals surface area contributed by atoms with Gasteiger partial charge in [-0.05, 0) is 0 Å². The first-order valence-electron chi connectivity index (χ1n) is 22.0. The fourth-order valence-corrected chi connectivity index (χ4v) is 5.22. The van der Waals surface area contributed by atoms with Gasteiger partial charge < -0.3 is 41.1 Å². The van der Waals surface area contributed by atoms with Crippen molar-refractivity contribution in [2.75, 3.05) is 33.3 Å². The summed E-state index contributed by atoms with van der Waals surface area (Å²) in [5.41, 5.74) is 9.70. The van der Waals surface area contributed by atoms with Gasteiger partial charge in [0, 0.05) is 113 Å². The number of hydroxylamine groups is 6. The summed E-state index contributed by atoms with van der Waals surface area (Å²) < 4.78 is 8.15. The molecule has 81 heavy (non-hydrogen) atoms. The predicted octanol–water partition coefficient (Wildman–Crippen LogP) is -3.02. The molecule has 0 aromatic carbocycles. The van der Waals surface area contributed by atoms with Crippen LogP contribution in [0.3, 0.4) is 0 Å². The van der Waals surface area contributed by atoms with E-state index < -0.39 is 119 Å². The number of carbonyl (C=O) groups excluding carboxylic acids is 17. The normalized spacial score (nSPS) is 16.0. The lowest BCUT2D eigenvalue weighted by Crippen LogP contribution is -2.37. The molecule has 36 nitrogen and oxygen atoms in total. The first-order chi connectivity index (χ1) is 37.1. The van der Waals surface area contributed by atoms with Crippen molar-refractivity contribution in [2.45, 2.75) is 79.1 Å². The number of nitrogens with zero attached hydrogens (tertiary/aromatic N) is 6. The highest BCUT2D eigenvalue weighted by Crippen LogP contribution is 2.17. The average Bonchev–Trinajstić information content (AvgIpc) is 4.27.